The van der Waals surface area contributed by atoms with E-state index in [0.717, 1.165) is 5.56 Å². The molecule has 0 aliphatic rings. The molecule has 0 saturated heterocycles. The van der Waals surface area contributed by atoms with Crippen LogP contribution in [0.3, 0.4) is 0 Å². The van der Waals surface area contributed by atoms with E-state index in [9.17, 15) is 14.3 Å². The molecular formula is C17H18FNO2. The lowest BCUT2D eigenvalue weighted by atomic mass is 9.74. The highest BCUT2D eigenvalue weighted by atomic mass is 19.1. The van der Waals surface area contributed by atoms with Crippen molar-refractivity contribution in [3.05, 3.63) is 71.0 Å². The minimum Gasteiger partial charge on any atom is -0.481 e. The van der Waals surface area contributed by atoms with Gasteiger partial charge in [-0.25, -0.2) is 4.39 Å². The van der Waals surface area contributed by atoms with Crippen LogP contribution in [-0.2, 0) is 16.6 Å². The Kier molecular flexibility index (Phi) is 4.38. The SMILES string of the molecule is Cc1ccccc1C(CN)(Cc1cccc(F)c1)C(=O)O. The molecule has 2 aromatic carbocycles. The van der Waals surface area contributed by atoms with Gasteiger partial charge in [0, 0.05) is 6.54 Å². The number of aryl methyl sites for hydroxylation is 1. The van der Waals surface area contributed by atoms with Gasteiger partial charge in [-0.3, -0.25) is 4.79 Å². The minimum atomic E-state index is -1.25. The van der Waals surface area contributed by atoms with E-state index < -0.39 is 11.4 Å². The van der Waals surface area contributed by atoms with Gasteiger partial charge >= 0.3 is 5.97 Å². The number of aliphatic carboxylic acids is 1. The summed E-state index contributed by atoms with van der Waals surface area (Å²) in [6.07, 6.45) is 0.154. The lowest BCUT2D eigenvalue weighted by Crippen LogP contribution is -2.45. The Bertz CT molecular complexity index is 657. The van der Waals surface area contributed by atoms with Gasteiger partial charge in [0.05, 0.1) is 0 Å². The van der Waals surface area contributed by atoms with Crippen LogP contribution in [-0.4, -0.2) is 17.6 Å². The highest BCUT2D eigenvalue weighted by molar-refractivity contribution is 5.83. The van der Waals surface area contributed by atoms with Crippen molar-refractivity contribution in [1.82, 2.24) is 0 Å². The molecule has 0 radical (unpaired) electrons. The quantitative estimate of drug-likeness (QED) is 0.888. The number of rotatable bonds is 5. The van der Waals surface area contributed by atoms with Crippen LogP contribution in [0.4, 0.5) is 4.39 Å². The summed E-state index contributed by atoms with van der Waals surface area (Å²) in [5.41, 5.74) is 6.72. The summed E-state index contributed by atoms with van der Waals surface area (Å²) in [6, 6.07) is 13.3. The molecule has 0 amide bonds. The third-order valence-electron chi connectivity index (χ3n) is 3.81. The molecule has 0 saturated carbocycles. The maximum Gasteiger partial charge on any atom is 0.315 e. The minimum absolute atomic E-state index is 0.0519. The van der Waals surface area contributed by atoms with E-state index in [0.29, 0.717) is 11.1 Å². The number of benzene rings is 2. The van der Waals surface area contributed by atoms with E-state index in [1.54, 1.807) is 24.3 Å². The number of carboxylic acid groups (broad SMARTS) is 1. The summed E-state index contributed by atoms with van der Waals surface area (Å²) in [6.45, 7) is 1.80. The van der Waals surface area contributed by atoms with Crippen molar-refractivity contribution in [3.63, 3.8) is 0 Å². The van der Waals surface area contributed by atoms with Gasteiger partial charge in [-0.2, -0.15) is 0 Å². The van der Waals surface area contributed by atoms with E-state index in [2.05, 4.69) is 0 Å². The average molecular weight is 287 g/mol. The Morgan fingerprint density at radius 3 is 2.52 bits per heavy atom. The third-order valence-corrected chi connectivity index (χ3v) is 3.81. The van der Waals surface area contributed by atoms with Crippen LogP contribution >= 0.6 is 0 Å². The smallest absolute Gasteiger partial charge is 0.315 e. The van der Waals surface area contributed by atoms with Crippen LogP contribution < -0.4 is 5.73 Å². The summed E-state index contributed by atoms with van der Waals surface area (Å²) in [7, 11) is 0. The third kappa shape index (κ3) is 2.95. The molecule has 110 valence electrons. The van der Waals surface area contributed by atoms with E-state index in [4.69, 9.17) is 5.73 Å². The molecule has 2 aromatic rings. The molecule has 3 N–H and O–H groups in total. The lowest BCUT2D eigenvalue weighted by molar-refractivity contribution is -0.143. The molecule has 0 spiro atoms. The zero-order chi connectivity index (χ0) is 15.5. The molecule has 0 aliphatic carbocycles. The first-order chi connectivity index (χ1) is 9.99. The molecule has 2 rings (SSSR count). The normalized spacial score (nSPS) is 13.7. The summed E-state index contributed by atoms with van der Waals surface area (Å²) < 4.78 is 13.4. The van der Waals surface area contributed by atoms with Crippen LogP contribution in [0, 0.1) is 12.7 Å². The fraction of sp³-hybridized carbons (Fsp3) is 0.235. The summed E-state index contributed by atoms with van der Waals surface area (Å²) in [5.74, 6) is -1.38. The van der Waals surface area contributed by atoms with Crippen molar-refractivity contribution >= 4 is 5.97 Å². The zero-order valence-corrected chi connectivity index (χ0v) is 11.8. The molecule has 1 unspecified atom stereocenters. The van der Waals surface area contributed by atoms with Gasteiger partial charge in [-0.05, 0) is 42.2 Å². The van der Waals surface area contributed by atoms with Gasteiger partial charge in [0.2, 0.25) is 0 Å². The topological polar surface area (TPSA) is 63.3 Å². The molecule has 0 aliphatic heterocycles. The van der Waals surface area contributed by atoms with Gasteiger partial charge in [0.25, 0.3) is 0 Å². The van der Waals surface area contributed by atoms with E-state index in [1.807, 2.05) is 19.1 Å². The Morgan fingerprint density at radius 2 is 1.95 bits per heavy atom. The molecule has 0 heterocycles. The Balaban J connectivity index is 2.53. The molecule has 0 fully saturated rings. The fourth-order valence-electron chi connectivity index (χ4n) is 2.66. The Morgan fingerprint density at radius 1 is 1.24 bits per heavy atom. The largest absolute Gasteiger partial charge is 0.481 e. The van der Waals surface area contributed by atoms with Gasteiger partial charge < -0.3 is 10.8 Å². The number of carbonyl (C=O) groups is 1. The van der Waals surface area contributed by atoms with Crippen molar-refractivity contribution in [1.29, 1.82) is 0 Å². The van der Waals surface area contributed by atoms with E-state index in [1.165, 1.54) is 12.1 Å². The second-order valence-corrected chi connectivity index (χ2v) is 5.21. The molecule has 0 bridgehead atoms. The van der Waals surface area contributed by atoms with E-state index >= 15 is 0 Å². The number of carboxylic acids is 1. The summed E-state index contributed by atoms with van der Waals surface area (Å²) in [5, 5.41) is 9.76. The van der Waals surface area contributed by atoms with Crippen LogP contribution in [0.5, 0.6) is 0 Å². The number of halogens is 1. The predicted molar refractivity (Wildman–Crippen MR) is 79.7 cm³/mol. The van der Waals surface area contributed by atoms with Crippen LogP contribution in [0.15, 0.2) is 48.5 Å². The van der Waals surface area contributed by atoms with Gasteiger partial charge in [0.1, 0.15) is 11.2 Å². The molecular weight excluding hydrogens is 269 g/mol. The Hall–Kier alpha value is -2.20. The first-order valence-electron chi connectivity index (χ1n) is 6.73. The van der Waals surface area contributed by atoms with Gasteiger partial charge in [-0.1, -0.05) is 36.4 Å². The summed E-state index contributed by atoms with van der Waals surface area (Å²) in [4.78, 5) is 11.9. The molecule has 1 atom stereocenters. The Labute approximate surface area is 123 Å². The standard InChI is InChI=1S/C17H18FNO2/c1-12-5-2-3-8-15(12)17(11-19,16(20)21)10-13-6-4-7-14(18)9-13/h2-9H,10-11,19H2,1H3,(H,20,21). The second kappa shape index (κ2) is 6.06. The van der Waals surface area contributed by atoms with E-state index in [-0.39, 0.29) is 18.8 Å². The molecule has 4 heteroatoms. The van der Waals surface area contributed by atoms with Gasteiger partial charge in [-0.15, -0.1) is 0 Å². The molecule has 3 nitrogen and oxygen atoms in total. The van der Waals surface area contributed by atoms with Crippen molar-refractivity contribution in [3.8, 4) is 0 Å². The lowest BCUT2D eigenvalue weighted by Gasteiger charge is -2.30. The summed E-state index contributed by atoms with van der Waals surface area (Å²) >= 11 is 0. The van der Waals surface area contributed by atoms with Gasteiger partial charge in [0.15, 0.2) is 0 Å². The number of nitrogens with two attached hydrogens (primary N) is 1. The van der Waals surface area contributed by atoms with Crippen molar-refractivity contribution < 1.29 is 14.3 Å². The maximum atomic E-state index is 13.4. The first-order valence-corrected chi connectivity index (χ1v) is 6.73. The van der Waals surface area contributed by atoms with Crippen molar-refractivity contribution in [2.75, 3.05) is 6.54 Å². The molecule has 0 aromatic heterocycles. The van der Waals surface area contributed by atoms with Crippen molar-refractivity contribution in [2.24, 2.45) is 5.73 Å². The average Bonchev–Trinajstić information content (AvgIpc) is 2.45. The van der Waals surface area contributed by atoms with Crippen LogP contribution in [0.1, 0.15) is 16.7 Å². The number of hydrogen-bond donors (Lipinski definition) is 2. The van der Waals surface area contributed by atoms with Crippen molar-refractivity contribution in [2.45, 2.75) is 18.8 Å². The first kappa shape index (κ1) is 15.2. The highest BCUT2D eigenvalue weighted by Gasteiger charge is 2.40. The molecule has 21 heavy (non-hydrogen) atoms. The zero-order valence-electron chi connectivity index (χ0n) is 11.8. The number of hydrogen-bond acceptors (Lipinski definition) is 2. The van der Waals surface area contributed by atoms with Crippen LogP contribution in [0.25, 0.3) is 0 Å². The van der Waals surface area contributed by atoms with Crippen LogP contribution in [0.2, 0.25) is 0 Å². The maximum absolute atomic E-state index is 13.4. The predicted octanol–water partition coefficient (Wildman–Crippen LogP) is 2.66. The highest BCUT2D eigenvalue weighted by Crippen LogP contribution is 2.31. The second-order valence-electron chi connectivity index (χ2n) is 5.21. The fourth-order valence-corrected chi connectivity index (χ4v) is 2.66. The monoisotopic (exact) mass is 287 g/mol.